The molecule has 1 atom stereocenters. The Morgan fingerprint density at radius 2 is 2.17 bits per heavy atom. The zero-order chi connectivity index (χ0) is 21.1. The number of likely N-dealkylation sites (tertiary alicyclic amines) is 1. The number of Topliss-reactive ketones (excluding diaryl/α,β-unsaturated/α-hetero) is 1. The summed E-state index contributed by atoms with van der Waals surface area (Å²) < 4.78 is 10.7. The van der Waals surface area contributed by atoms with Crippen LogP contribution in [0.5, 0.6) is 5.75 Å². The van der Waals surface area contributed by atoms with Crippen molar-refractivity contribution in [3.63, 3.8) is 0 Å². The maximum Gasteiger partial charge on any atom is 0.295 e. The van der Waals surface area contributed by atoms with Crippen molar-refractivity contribution in [2.75, 3.05) is 26.9 Å². The number of ketones is 1. The van der Waals surface area contributed by atoms with E-state index in [9.17, 15) is 14.7 Å². The number of amides is 1. The molecule has 7 heteroatoms. The van der Waals surface area contributed by atoms with Crippen LogP contribution >= 0.6 is 0 Å². The molecule has 0 bridgehead atoms. The average molecular weight is 408 g/mol. The van der Waals surface area contributed by atoms with Crippen molar-refractivity contribution in [1.29, 1.82) is 0 Å². The highest BCUT2D eigenvalue weighted by Crippen LogP contribution is 2.39. The normalized spacial score (nSPS) is 20.2. The maximum atomic E-state index is 12.9. The number of rotatable bonds is 6. The van der Waals surface area contributed by atoms with Crippen LogP contribution in [0.25, 0.3) is 5.76 Å². The Balaban J connectivity index is 1.79. The third kappa shape index (κ3) is 3.68. The van der Waals surface area contributed by atoms with E-state index in [0.29, 0.717) is 37.4 Å². The molecule has 156 valence electrons. The highest BCUT2D eigenvalue weighted by atomic mass is 16.5. The third-order valence-corrected chi connectivity index (χ3v) is 5.44. The minimum absolute atomic E-state index is 0.0628. The van der Waals surface area contributed by atoms with Crippen molar-refractivity contribution < 1.29 is 24.2 Å². The standard InChI is InChI=1S/C23H24N2O5/c1-29-12-5-11-25-20(17-7-2-3-10-24-17)19(22(27)23(25)28)21(26)16-8-9-18-15(14-16)6-4-13-30-18/h2-3,7-10,14,20,26H,4-6,11-13H2,1H3/b21-19-. The van der Waals surface area contributed by atoms with Crippen molar-refractivity contribution in [3.05, 3.63) is 65.0 Å². The smallest absolute Gasteiger partial charge is 0.295 e. The number of pyridine rings is 1. The summed E-state index contributed by atoms with van der Waals surface area (Å²) in [6.07, 6.45) is 3.92. The molecule has 1 fully saturated rings. The van der Waals surface area contributed by atoms with Gasteiger partial charge in [-0.1, -0.05) is 6.07 Å². The molecule has 0 aliphatic carbocycles. The van der Waals surface area contributed by atoms with Gasteiger partial charge in [-0.2, -0.15) is 0 Å². The number of hydrogen-bond donors (Lipinski definition) is 1. The number of hydrogen-bond acceptors (Lipinski definition) is 6. The topological polar surface area (TPSA) is 89.0 Å². The summed E-state index contributed by atoms with van der Waals surface area (Å²) in [5.74, 6) is -0.732. The number of aliphatic hydroxyl groups is 1. The lowest BCUT2D eigenvalue weighted by atomic mass is 9.96. The molecule has 4 rings (SSSR count). The van der Waals surface area contributed by atoms with Crippen molar-refractivity contribution >= 4 is 17.4 Å². The van der Waals surface area contributed by atoms with Gasteiger partial charge in [0.1, 0.15) is 17.6 Å². The van der Waals surface area contributed by atoms with E-state index in [4.69, 9.17) is 9.47 Å². The predicted molar refractivity (Wildman–Crippen MR) is 110 cm³/mol. The number of aryl methyl sites for hydroxylation is 1. The Morgan fingerprint density at radius 1 is 1.30 bits per heavy atom. The first-order chi connectivity index (χ1) is 14.6. The number of carbonyl (C=O) groups excluding carboxylic acids is 2. The molecule has 1 N–H and O–H groups in total. The number of ether oxygens (including phenoxy) is 2. The number of aromatic nitrogens is 1. The predicted octanol–water partition coefficient (Wildman–Crippen LogP) is 2.86. The number of aliphatic hydroxyl groups excluding tert-OH is 1. The maximum absolute atomic E-state index is 12.9. The van der Waals surface area contributed by atoms with Gasteiger partial charge in [-0.05, 0) is 55.2 Å². The molecule has 0 saturated carbocycles. The Bertz CT molecular complexity index is 986. The molecule has 1 unspecified atom stereocenters. The van der Waals surface area contributed by atoms with E-state index in [1.165, 1.54) is 4.90 Å². The van der Waals surface area contributed by atoms with Gasteiger partial charge < -0.3 is 19.5 Å². The first-order valence-corrected chi connectivity index (χ1v) is 10.1. The fourth-order valence-electron chi connectivity index (χ4n) is 4.00. The summed E-state index contributed by atoms with van der Waals surface area (Å²) >= 11 is 0. The SMILES string of the molecule is COCCCN1C(=O)C(=O)/C(=C(\O)c2ccc3c(c2)CCCO3)C1c1ccccn1. The van der Waals surface area contributed by atoms with Gasteiger partial charge in [0.05, 0.1) is 17.9 Å². The summed E-state index contributed by atoms with van der Waals surface area (Å²) in [5, 5.41) is 11.1. The average Bonchev–Trinajstić information content (AvgIpc) is 3.04. The number of benzene rings is 1. The zero-order valence-corrected chi connectivity index (χ0v) is 16.8. The molecule has 0 spiro atoms. The van der Waals surface area contributed by atoms with Crippen LogP contribution in [0, 0.1) is 0 Å². The van der Waals surface area contributed by atoms with E-state index < -0.39 is 17.7 Å². The Hall–Kier alpha value is -3.19. The van der Waals surface area contributed by atoms with Gasteiger partial charge in [0.25, 0.3) is 11.7 Å². The molecule has 2 aromatic rings. The highest BCUT2D eigenvalue weighted by molar-refractivity contribution is 6.46. The minimum Gasteiger partial charge on any atom is -0.507 e. The first kappa shape index (κ1) is 20.1. The quantitative estimate of drug-likeness (QED) is 0.342. The van der Waals surface area contributed by atoms with Crippen molar-refractivity contribution in [2.24, 2.45) is 0 Å². The number of nitrogens with zero attached hydrogens (tertiary/aromatic N) is 2. The molecular formula is C23H24N2O5. The largest absolute Gasteiger partial charge is 0.507 e. The van der Waals surface area contributed by atoms with Crippen LogP contribution in [-0.2, 0) is 20.7 Å². The summed E-state index contributed by atoms with van der Waals surface area (Å²) in [7, 11) is 1.59. The molecule has 1 amide bonds. The van der Waals surface area contributed by atoms with Gasteiger partial charge in [0.2, 0.25) is 0 Å². The van der Waals surface area contributed by atoms with Crippen LogP contribution in [0.3, 0.4) is 0 Å². The lowest BCUT2D eigenvalue weighted by molar-refractivity contribution is -0.140. The summed E-state index contributed by atoms with van der Waals surface area (Å²) in [6, 6.07) is 9.93. The molecular weight excluding hydrogens is 384 g/mol. The van der Waals surface area contributed by atoms with Gasteiger partial charge in [-0.15, -0.1) is 0 Å². The second-order valence-corrected chi connectivity index (χ2v) is 7.37. The van der Waals surface area contributed by atoms with Crippen LogP contribution < -0.4 is 4.74 Å². The fraction of sp³-hybridized carbons (Fsp3) is 0.348. The number of methoxy groups -OCH3 is 1. The van der Waals surface area contributed by atoms with E-state index >= 15 is 0 Å². The van der Waals surface area contributed by atoms with Gasteiger partial charge >= 0.3 is 0 Å². The summed E-state index contributed by atoms with van der Waals surface area (Å²) in [4.78, 5) is 31.6. The van der Waals surface area contributed by atoms with Crippen LogP contribution in [0.2, 0.25) is 0 Å². The Morgan fingerprint density at radius 3 is 2.93 bits per heavy atom. The van der Waals surface area contributed by atoms with Crippen LogP contribution in [0.15, 0.2) is 48.2 Å². The Kier molecular flexibility index (Phi) is 5.81. The molecule has 1 aromatic carbocycles. The van der Waals surface area contributed by atoms with Crippen molar-refractivity contribution in [2.45, 2.75) is 25.3 Å². The molecule has 2 aliphatic rings. The number of fused-ring (bicyclic) bond motifs is 1. The van der Waals surface area contributed by atoms with Gasteiger partial charge in [-0.3, -0.25) is 14.6 Å². The third-order valence-electron chi connectivity index (χ3n) is 5.44. The lowest BCUT2D eigenvalue weighted by Gasteiger charge is -2.24. The van der Waals surface area contributed by atoms with E-state index in [0.717, 1.165) is 24.2 Å². The molecule has 3 heterocycles. The van der Waals surface area contributed by atoms with E-state index in [1.54, 1.807) is 43.6 Å². The molecule has 1 saturated heterocycles. The van der Waals surface area contributed by atoms with Gasteiger partial charge in [0.15, 0.2) is 0 Å². The van der Waals surface area contributed by atoms with Gasteiger partial charge in [0, 0.05) is 32.0 Å². The van der Waals surface area contributed by atoms with Crippen LogP contribution in [0.4, 0.5) is 0 Å². The molecule has 0 radical (unpaired) electrons. The second-order valence-electron chi connectivity index (χ2n) is 7.37. The van der Waals surface area contributed by atoms with E-state index in [1.807, 2.05) is 6.07 Å². The number of carbonyl (C=O) groups is 2. The lowest BCUT2D eigenvalue weighted by Crippen LogP contribution is -2.31. The summed E-state index contributed by atoms with van der Waals surface area (Å²) in [6.45, 7) is 1.46. The Labute approximate surface area is 174 Å². The van der Waals surface area contributed by atoms with Crippen LogP contribution in [0.1, 0.15) is 35.7 Å². The summed E-state index contributed by atoms with van der Waals surface area (Å²) in [5.41, 5.74) is 2.08. The van der Waals surface area contributed by atoms with Crippen molar-refractivity contribution in [3.8, 4) is 5.75 Å². The molecule has 2 aliphatic heterocycles. The minimum atomic E-state index is -0.740. The monoisotopic (exact) mass is 408 g/mol. The van der Waals surface area contributed by atoms with Gasteiger partial charge in [-0.25, -0.2) is 0 Å². The van der Waals surface area contributed by atoms with Crippen LogP contribution in [-0.4, -0.2) is 53.5 Å². The zero-order valence-electron chi connectivity index (χ0n) is 16.8. The fourth-order valence-corrected chi connectivity index (χ4v) is 4.00. The molecule has 7 nitrogen and oxygen atoms in total. The highest BCUT2D eigenvalue weighted by Gasteiger charge is 2.46. The van der Waals surface area contributed by atoms with Crippen molar-refractivity contribution in [1.82, 2.24) is 9.88 Å². The van der Waals surface area contributed by atoms with E-state index in [-0.39, 0.29) is 11.3 Å². The molecule has 1 aromatic heterocycles. The molecule has 30 heavy (non-hydrogen) atoms. The van der Waals surface area contributed by atoms with E-state index in [2.05, 4.69) is 4.98 Å². The first-order valence-electron chi connectivity index (χ1n) is 10.1. The second kappa shape index (κ2) is 8.67.